The van der Waals surface area contributed by atoms with E-state index in [0.29, 0.717) is 18.5 Å². The number of aromatic hydroxyl groups is 1. The zero-order valence-electron chi connectivity index (χ0n) is 17.7. The highest BCUT2D eigenvalue weighted by molar-refractivity contribution is 6.32. The molecule has 2 aromatic carbocycles. The fraction of sp³-hybridized carbons (Fsp3) is 0.435. The molecule has 0 heterocycles. The van der Waals surface area contributed by atoms with Gasteiger partial charge in [-0.2, -0.15) is 0 Å². The van der Waals surface area contributed by atoms with Crippen molar-refractivity contribution in [3.05, 3.63) is 64.4 Å². The van der Waals surface area contributed by atoms with Gasteiger partial charge < -0.3 is 15.3 Å². The molecule has 2 aromatic rings. The first-order chi connectivity index (χ1) is 13.5. The van der Waals surface area contributed by atoms with Crippen LogP contribution in [0.2, 0.25) is 5.02 Å². The lowest BCUT2D eigenvalue weighted by Gasteiger charge is -2.32. The molecule has 29 heavy (non-hydrogen) atoms. The molecule has 0 aliphatic carbocycles. The Morgan fingerprint density at radius 1 is 1.24 bits per heavy atom. The predicted molar refractivity (Wildman–Crippen MR) is 116 cm³/mol. The second-order valence-corrected chi connectivity index (χ2v) is 8.69. The molecule has 2 N–H and O–H groups in total. The van der Waals surface area contributed by atoms with Crippen LogP contribution in [0.3, 0.4) is 0 Å². The van der Waals surface area contributed by atoms with Gasteiger partial charge in [0.1, 0.15) is 0 Å². The van der Waals surface area contributed by atoms with Crippen molar-refractivity contribution in [3.63, 3.8) is 0 Å². The average Bonchev–Trinajstić information content (AvgIpc) is 2.68. The van der Waals surface area contributed by atoms with Gasteiger partial charge in [0.25, 0.3) is 0 Å². The van der Waals surface area contributed by atoms with E-state index in [9.17, 15) is 14.3 Å². The van der Waals surface area contributed by atoms with Crippen LogP contribution in [-0.2, 0) is 16.6 Å². The van der Waals surface area contributed by atoms with Gasteiger partial charge in [0.2, 0.25) is 5.91 Å². The lowest BCUT2D eigenvalue weighted by Crippen LogP contribution is -2.46. The van der Waals surface area contributed by atoms with Gasteiger partial charge in [-0.05, 0) is 43.8 Å². The minimum absolute atomic E-state index is 0.0141. The molecule has 1 amide bonds. The molecule has 0 saturated heterocycles. The molecule has 0 bridgehead atoms. The number of halogens is 2. The number of likely N-dealkylation sites (N-methyl/N-ethyl adjacent to an activating group) is 1. The summed E-state index contributed by atoms with van der Waals surface area (Å²) in [7, 11) is 3.82. The Morgan fingerprint density at radius 2 is 1.86 bits per heavy atom. The number of rotatable bonds is 8. The molecule has 158 valence electrons. The average molecular weight is 421 g/mol. The van der Waals surface area contributed by atoms with Crippen molar-refractivity contribution in [2.45, 2.75) is 38.6 Å². The van der Waals surface area contributed by atoms with Gasteiger partial charge in [-0.15, -0.1) is 0 Å². The first kappa shape index (κ1) is 23.2. The highest BCUT2D eigenvalue weighted by Crippen LogP contribution is 2.32. The Bertz CT molecular complexity index is 817. The summed E-state index contributed by atoms with van der Waals surface area (Å²) in [6.45, 7) is 6.48. The second-order valence-electron chi connectivity index (χ2n) is 8.28. The molecule has 0 aliphatic rings. The van der Waals surface area contributed by atoms with E-state index in [1.165, 1.54) is 6.07 Å². The van der Waals surface area contributed by atoms with E-state index in [4.69, 9.17) is 11.6 Å². The maximum Gasteiger partial charge on any atom is 0.223 e. The number of phenolic OH excluding ortho intramolecular Hbond substituents is 1. The van der Waals surface area contributed by atoms with Crippen molar-refractivity contribution in [2.24, 2.45) is 5.92 Å². The number of hydrogen-bond donors (Lipinski definition) is 2. The van der Waals surface area contributed by atoms with Gasteiger partial charge >= 0.3 is 0 Å². The van der Waals surface area contributed by atoms with Crippen molar-refractivity contribution < 1.29 is 14.3 Å². The molecule has 2 atom stereocenters. The molecule has 0 spiro atoms. The Hall–Kier alpha value is -2.11. The van der Waals surface area contributed by atoms with E-state index in [0.717, 1.165) is 5.56 Å². The maximum atomic E-state index is 13.8. The molecule has 0 aliphatic heterocycles. The Morgan fingerprint density at radius 3 is 2.41 bits per heavy atom. The number of carbonyl (C=O) groups is 1. The largest absolute Gasteiger partial charge is 0.504 e. The Labute approximate surface area is 177 Å². The van der Waals surface area contributed by atoms with Crippen LogP contribution in [0.1, 0.15) is 31.9 Å². The number of phenols is 1. The summed E-state index contributed by atoms with van der Waals surface area (Å²) in [5.74, 6) is -1.54. The van der Waals surface area contributed by atoms with Gasteiger partial charge in [0, 0.05) is 23.9 Å². The van der Waals surface area contributed by atoms with Gasteiger partial charge in [-0.25, -0.2) is 4.39 Å². The molecule has 0 unspecified atom stereocenters. The number of hydrogen-bond acceptors (Lipinski definition) is 3. The summed E-state index contributed by atoms with van der Waals surface area (Å²) in [6, 6.07) is 12.8. The molecular weight excluding hydrogens is 391 g/mol. The molecule has 0 radical (unpaired) electrons. The third kappa shape index (κ3) is 5.71. The van der Waals surface area contributed by atoms with Crippen LogP contribution in [0, 0.1) is 11.7 Å². The van der Waals surface area contributed by atoms with Crippen LogP contribution in [-0.4, -0.2) is 42.6 Å². The van der Waals surface area contributed by atoms with Crippen LogP contribution in [0.4, 0.5) is 4.39 Å². The molecular formula is C23H30ClFN2O2. The van der Waals surface area contributed by atoms with Crippen LogP contribution in [0.15, 0.2) is 42.5 Å². The van der Waals surface area contributed by atoms with Crippen LogP contribution in [0.5, 0.6) is 5.75 Å². The minimum Gasteiger partial charge on any atom is -0.504 e. The number of carbonyl (C=O) groups excluding carboxylic acids is 1. The summed E-state index contributed by atoms with van der Waals surface area (Å²) in [5, 5.41) is 12.5. The minimum atomic E-state index is -0.743. The number of nitrogens with zero attached hydrogens (tertiary/aromatic N) is 1. The number of nitrogens with one attached hydrogen (secondary N) is 1. The van der Waals surface area contributed by atoms with E-state index in [-0.39, 0.29) is 28.3 Å². The third-order valence-electron chi connectivity index (χ3n) is 5.78. The smallest absolute Gasteiger partial charge is 0.223 e. The SMILES string of the molecule is C[C@@H](C(=O)NC[C@H](Cc1cc(F)c(O)c(Cl)c1)N(C)C)C(C)(C)c1ccccc1. The topological polar surface area (TPSA) is 52.6 Å². The highest BCUT2D eigenvalue weighted by Gasteiger charge is 2.33. The van der Waals surface area contributed by atoms with Crippen LogP contribution < -0.4 is 5.32 Å². The summed E-state index contributed by atoms with van der Waals surface area (Å²) in [6.07, 6.45) is 0.487. The first-order valence-corrected chi connectivity index (χ1v) is 10.1. The number of amides is 1. The van der Waals surface area contributed by atoms with E-state index >= 15 is 0 Å². The molecule has 2 rings (SSSR count). The normalized spacial score (nSPS) is 13.9. The standard InChI is InChI=1S/C23H30ClFN2O2/c1-15(23(2,3)17-9-7-6-8-10-17)22(29)26-14-18(27(4)5)11-16-12-19(24)21(28)20(25)13-16/h6-10,12-13,15,18,28H,11,14H2,1-5H3,(H,26,29)/t15-,18-/m0/s1. The van der Waals surface area contributed by atoms with Crippen molar-refractivity contribution in [1.82, 2.24) is 10.2 Å². The first-order valence-electron chi connectivity index (χ1n) is 9.70. The summed E-state index contributed by atoms with van der Waals surface area (Å²) in [5.41, 5.74) is 1.46. The molecule has 6 heteroatoms. The predicted octanol–water partition coefficient (Wildman–Crippen LogP) is 4.39. The Kier molecular flexibility index (Phi) is 7.66. The van der Waals surface area contributed by atoms with Crippen LogP contribution in [0.25, 0.3) is 0 Å². The monoisotopic (exact) mass is 420 g/mol. The molecule has 0 aromatic heterocycles. The Balaban J connectivity index is 2.05. The van der Waals surface area contributed by atoms with Gasteiger partial charge in [-0.1, -0.05) is 62.7 Å². The molecule has 0 saturated carbocycles. The molecule has 0 fully saturated rings. The lowest BCUT2D eigenvalue weighted by atomic mass is 9.74. The lowest BCUT2D eigenvalue weighted by molar-refractivity contribution is -0.126. The van der Waals surface area contributed by atoms with E-state index in [1.807, 2.05) is 56.3 Å². The van der Waals surface area contributed by atoms with Crippen molar-refractivity contribution in [1.29, 1.82) is 0 Å². The van der Waals surface area contributed by atoms with Gasteiger partial charge in [-0.3, -0.25) is 4.79 Å². The quantitative estimate of drug-likeness (QED) is 0.666. The van der Waals surface area contributed by atoms with Crippen LogP contribution >= 0.6 is 11.6 Å². The fourth-order valence-electron chi connectivity index (χ4n) is 3.26. The summed E-state index contributed by atoms with van der Waals surface area (Å²) >= 11 is 5.89. The molecule has 4 nitrogen and oxygen atoms in total. The van der Waals surface area contributed by atoms with Gasteiger partial charge in [0.15, 0.2) is 11.6 Å². The van der Waals surface area contributed by atoms with E-state index in [2.05, 4.69) is 19.2 Å². The van der Waals surface area contributed by atoms with E-state index < -0.39 is 11.6 Å². The highest BCUT2D eigenvalue weighted by atomic mass is 35.5. The zero-order chi connectivity index (χ0) is 21.8. The van der Waals surface area contributed by atoms with Crippen molar-refractivity contribution >= 4 is 17.5 Å². The van der Waals surface area contributed by atoms with E-state index in [1.54, 1.807) is 6.07 Å². The third-order valence-corrected chi connectivity index (χ3v) is 6.07. The van der Waals surface area contributed by atoms with Crippen molar-refractivity contribution in [2.75, 3.05) is 20.6 Å². The van der Waals surface area contributed by atoms with Crippen molar-refractivity contribution in [3.8, 4) is 5.75 Å². The fourth-order valence-corrected chi connectivity index (χ4v) is 3.49. The zero-order valence-corrected chi connectivity index (χ0v) is 18.4. The summed E-state index contributed by atoms with van der Waals surface area (Å²) < 4.78 is 13.8. The maximum absolute atomic E-state index is 13.8. The second kappa shape index (κ2) is 9.59. The summed E-state index contributed by atoms with van der Waals surface area (Å²) in [4.78, 5) is 14.8. The van der Waals surface area contributed by atoms with Gasteiger partial charge in [0.05, 0.1) is 5.02 Å². The number of benzene rings is 2.